The number of hydrogen-bond acceptors (Lipinski definition) is 6. The maximum absolute atomic E-state index is 9.18. The molecule has 2 aromatic rings. The SMILES string of the molecule is OB(O)c1ccccc1CSc1ncns1. The summed E-state index contributed by atoms with van der Waals surface area (Å²) in [5.74, 6) is 0.656. The van der Waals surface area contributed by atoms with Crippen LogP contribution in [0.15, 0.2) is 34.9 Å². The van der Waals surface area contributed by atoms with Gasteiger partial charge in [-0.3, -0.25) is 0 Å². The van der Waals surface area contributed by atoms with Gasteiger partial charge in [-0.1, -0.05) is 36.0 Å². The van der Waals surface area contributed by atoms with E-state index in [2.05, 4.69) is 9.36 Å². The van der Waals surface area contributed by atoms with E-state index in [1.165, 1.54) is 29.6 Å². The largest absolute Gasteiger partial charge is 0.488 e. The van der Waals surface area contributed by atoms with Crippen LogP contribution in [0.2, 0.25) is 0 Å². The molecule has 1 heterocycles. The molecule has 0 amide bonds. The van der Waals surface area contributed by atoms with Crippen LogP contribution >= 0.6 is 23.3 Å². The Morgan fingerprint density at radius 3 is 2.81 bits per heavy atom. The van der Waals surface area contributed by atoms with E-state index in [4.69, 9.17) is 0 Å². The minimum atomic E-state index is -1.42. The van der Waals surface area contributed by atoms with Crippen LogP contribution in [-0.4, -0.2) is 26.5 Å². The van der Waals surface area contributed by atoms with Gasteiger partial charge in [0.05, 0.1) is 0 Å². The standard InChI is InChI=1S/C9H9BN2O2S2/c13-10(14)8-4-2-1-3-7(8)5-15-9-11-6-12-16-9/h1-4,6,13-14H,5H2. The minimum Gasteiger partial charge on any atom is -0.423 e. The number of aromatic nitrogens is 2. The van der Waals surface area contributed by atoms with E-state index >= 15 is 0 Å². The first-order valence-electron chi connectivity index (χ1n) is 4.61. The first kappa shape index (κ1) is 11.6. The summed E-state index contributed by atoms with van der Waals surface area (Å²) in [6.45, 7) is 0. The molecular formula is C9H9BN2O2S2. The normalized spacial score (nSPS) is 10.4. The van der Waals surface area contributed by atoms with E-state index in [0.29, 0.717) is 11.2 Å². The van der Waals surface area contributed by atoms with Gasteiger partial charge in [0.2, 0.25) is 0 Å². The zero-order chi connectivity index (χ0) is 11.4. The molecule has 0 fully saturated rings. The molecule has 82 valence electrons. The van der Waals surface area contributed by atoms with Crippen LogP contribution < -0.4 is 5.46 Å². The van der Waals surface area contributed by atoms with Gasteiger partial charge in [0, 0.05) is 5.75 Å². The second-order valence-electron chi connectivity index (χ2n) is 3.07. The zero-order valence-corrected chi connectivity index (χ0v) is 9.91. The van der Waals surface area contributed by atoms with Crippen molar-refractivity contribution in [2.75, 3.05) is 0 Å². The Labute approximate surface area is 102 Å². The quantitative estimate of drug-likeness (QED) is 0.613. The molecule has 0 bridgehead atoms. The first-order valence-corrected chi connectivity index (χ1v) is 6.36. The predicted molar refractivity (Wildman–Crippen MR) is 65.7 cm³/mol. The molecule has 1 aromatic heterocycles. The van der Waals surface area contributed by atoms with Crippen molar-refractivity contribution in [3.8, 4) is 0 Å². The van der Waals surface area contributed by atoms with Crippen LogP contribution in [0.25, 0.3) is 0 Å². The van der Waals surface area contributed by atoms with Crippen molar-refractivity contribution in [2.45, 2.75) is 10.1 Å². The highest BCUT2D eigenvalue weighted by Crippen LogP contribution is 2.22. The molecule has 0 radical (unpaired) electrons. The van der Waals surface area contributed by atoms with Crippen LogP contribution in [0.5, 0.6) is 0 Å². The van der Waals surface area contributed by atoms with Gasteiger partial charge in [0.1, 0.15) is 6.33 Å². The zero-order valence-electron chi connectivity index (χ0n) is 8.28. The van der Waals surface area contributed by atoms with Crippen molar-refractivity contribution in [3.63, 3.8) is 0 Å². The van der Waals surface area contributed by atoms with Crippen molar-refractivity contribution in [2.24, 2.45) is 0 Å². The summed E-state index contributed by atoms with van der Waals surface area (Å²) in [7, 11) is -1.42. The van der Waals surface area contributed by atoms with E-state index in [1.54, 1.807) is 12.1 Å². The Balaban J connectivity index is 2.09. The number of nitrogens with zero attached hydrogens (tertiary/aromatic N) is 2. The van der Waals surface area contributed by atoms with Crippen LogP contribution in [0, 0.1) is 0 Å². The minimum absolute atomic E-state index is 0.541. The Morgan fingerprint density at radius 2 is 2.12 bits per heavy atom. The molecule has 2 rings (SSSR count). The molecule has 0 saturated heterocycles. The van der Waals surface area contributed by atoms with Crippen molar-refractivity contribution < 1.29 is 10.0 Å². The molecule has 0 unspecified atom stereocenters. The van der Waals surface area contributed by atoms with Crippen molar-refractivity contribution in [1.82, 2.24) is 9.36 Å². The molecule has 16 heavy (non-hydrogen) atoms. The van der Waals surface area contributed by atoms with Crippen LogP contribution in [-0.2, 0) is 5.75 Å². The number of hydrogen-bond donors (Lipinski definition) is 2. The summed E-state index contributed by atoms with van der Waals surface area (Å²) >= 11 is 2.87. The second kappa shape index (κ2) is 5.45. The van der Waals surface area contributed by atoms with E-state index < -0.39 is 7.12 Å². The second-order valence-corrected chi connectivity index (χ2v) is 5.07. The Bertz CT molecular complexity index is 451. The van der Waals surface area contributed by atoms with Crippen molar-refractivity contribution in [3.05, 3.63) is 36.2 Å². The summed E-state index contributed by atoms with van der Waals surface area (Å²) in [6, 6.07) is 7.25. The highest BCUT2D eigenvalue weighted by atomic mass is 32.2. The topological polar surface area (TPSA) is 66.2 Å². The fourth-order valence-electron chi connectivity index (χ4n) is 1.28. The molecule has 0 aliphatic carbocycles. The lowest BCUT2D eigenvalue weighted by molar-refractivity contribution is 0.425. The monoisotopic (exact) mass is 252 g/mol. The first-order chi connectivity index (χ1) is 7.77. The smallest absolute Gasteiger partial charge is 0.423 e. The van der Waals surface area contributed by atoms with Gasteiger partial charge in [-0.2, -0.15) is 4.37 Å². The molecule has 0 aliphatic heterocycles. The Hall–Kier alpha value is -0.885. The van der Waals surface area contributed by atoms with Crippen LogP contribution in [0.1, 0.15) is 5.56 Å². The number of benzene rings is 1. The molecule has 4 nitrogen and oxygen atoms in total. The summed E-state index contributed by atoms with van der Waals surface area (Å²) in [5, 5.41) is 18.4. The summed E-state index contributed by atoms with van der Waals surface area (Å²) in [4.78, 5) is 4.05. The molecule has 0 atom stereocenters. The highest BCUT2D eigenvalue weighted by molar-refractivity contribution is 8.00. The third-order valence-corrected chi connectivity index (χ3v) is 3.87. The van der Waals surface area contributed by atoms with Crippen LogP contribution in [0.4, 0.5) is 0 Å². The van der Waals surface area contributed by atoms with Gasteiger partial charge in [-0.15, -0.1) is 0 Å². The lowest BCUT2D eigenvalue weighted by Crippen LogP contribution is -2.32. The summed E-state index contributed by atoms with van der Waals surface area (Å²) < 4.78 is 4.78. The molecular weight excluding hydrogens is 243 g/mol. The van der Waals surface area contributed by atoms with Gasteiger partial charge in [-0.05, 0) is 22.6 Å². The van der Waals surface area contributed by atoms with E-state index in [1.807, 2.05) is 12.1 Å². The lowest BCUT2D eigenvalue weighted by atomic mass is 9.77. The predicted octanol–water partition coefficient (Wildman–Crippen LogP) is 0.510. The number of thioether (sulfide) groups is 1. The summed E-state index contributed by atoms with van der Waals surface area (Å²) in [5.41, 5.74) is 1.44. The van der Waals surface area contributed by atoms with Gasteiger partial charge in [-0.25, -0.2) is 4.98 Å². The van der Waals surface area contributed by atoms with Gasteiger partial charge < -0.3 is 10.0 Å². The van der Waals surface area contributed by atoms with Gasteiger partial charge in [0.25, 0.3) is 0 Å². The Kier molecular flexibility index (Phi) is 3.95. The highest BCUT2D eigenvalue weighted by Gasteiger charge is 2.15. The van der Waals surface area contributed by atoms with Crippen molar-refractivity contribution in [1.29, 1.82) is 0 Å². The van der Waals surface area contributed by atoms with Gasteiger partial charge in [0.15, 0.2) is 4.34 Å². The molecule has 7 heteroatoms. The Morgan fingerprint density at radius 1 is 1.31 bits per heavy atom. The summed E-state index contributed by atoms with van der Waals surface area (Å²) in [6.07, 6.45) is 1.51. The molecule has 0 spiro atoms. The number of rotatable bonds is 4. The van der Waals surface area contributed by atoms with Gasteiger partial charge >= 0.3 is 7.12 Å². The van der Waals surface area contributed by atoms with Crippen LogP contribution in [0.3, 0.4) is 0 Å². The maximum Gasteiger partial charge on any atom is 0.488 e. The lowest BCUT2D eigenvalue weighted by Gasteiger charge is -2.06. The molecule has 2 N–H and O–H groups in total. The molecule has 1 aromatic carbocycles. The fourth-order valence-corrected chi connectivity index (χ4v) is 2.74. The average molecular weight is 252 g/mol. The van der Waals surface area contributed by atoms with Crippen molar-refractivity contribution >= 4 is 35.9 Å². The molecule has 0 aliphatic rings. The van der Waals surface area contributed by atoms with E-state index in [0.717, 1.165) is 9.90 Å². The fraction of sp³-hybridized carbons (Fsp3) is 0.111. The third-order valence-electron chi connectivity index (χ3n) is 2.03. The third kappa shape index (κ3) is 2.82. The maximum atomic E-state index is 9.18. The average Bonchev–Trinajstić information content (AvgIpc) is 2.79. The van der Waals surface area contributed by atoms with E-state index in [-0.39, 0.29) is 0 Å². The van der Waals surface area contributed by atoms with E-state index in [9.17, 15) is 10.0 Å². The molecule has 0 saturated carbocycles.